The van der Waals surface area contributed by atoms with Crippen LogP contribution < -0.4 is 14.8 Å². The van der Waals surface area contributed by atoms with E-state index in [1.807, 2.05) is 6.92 Å². The number of rotatable bonds is 11. The first-order valence-corrected chi connectivity index (χ1v) is 11.3. The smallest absolute Gasteiger partial charge is 0.247 e. The summed E-state index contributed by atoms with van der Waals surface area (Å²) in [5.74, 6) is -0.676. The zero-order chi connectivity index (χ0) is 24.8. The van der Waals surface area contributed by atoms with E-state index in [4.69, 9.17) is 14.2 Å². The Hall–Kier alpha value is -2.95. The fraction of sp³-hybridized carbons (Fsp3) is 0.542. The summed E-state index contributed by atoms with van der Waals surface area (Å²) in [5, 5.41) is 23.2. The molecule has 1 heterocycles. The number of fused-ring (bicyclic) bond motifs is 3. The van der Waals surface area contributed by atoms with Gasteiger partial charge in [0.15, 0.2) is 11.5 Å². The maximum Gasteiger partial charge on any atom is 0.247 e. The van der Waals surface area contributed by atoms with Crippen molar-refractivity contribution in [3.63, 3.8) is 0 Å². The highest BCUT2D eigenvalue weighted by molar-refractivity contribution is 5.96. The van der Waals surface area contributed by atoms with E-state index in [0.717, 1.165) is 0 Å². The van der Waals surface area contributed by atoms with E-state index in [-0.39, 0.29) is 44.2 Å². The maximum atomic E-state index is 13.1. The third kappa shape index (κ3) is 4.94. The molecule has 2 amide bonds. The van der Waals surface area contributed by atoms with Crippen LogP contribution in [0.5, 0.6) is 11.5 Å². The highest BCUT2D eigenvalue weighted by atomic mass is 16.5. The maximum absolute atomic E-state index is 13.1. The van der Waals surface area contributed by atoms with Gasteiger partial charge in [0.2, 0.25) is 11.8 Å². The van der Waals surface area contributed by atoms with Gasteiger partial charge in [0.25, 0.3) is 0 Å². The van der Waals surface area contributed by atoms with Crippen LogP contribution in [0.2, 0.25) is 0 Å². The zero-order valence-electron chi connectivity index (χ0n) is 19.7. The molecular weight excluding hydrogens is 444 g/mol. The molecule has 2 aliphatic rings. The first-order chi connectivity index (χ1) is 16.4. The van der Waals surface area contributed by atoms with E-state index >= 15 is 0 Å². The van der Waals surface area contributed by atoms with Gasteiger partial charge in [0.1, 0.15) is 18.5 Å². The minimum absolute atomic E-state index is 0.0361. The molecule has 0 unspecified atom stereocenters. The number of ether oxygens (including phenoxy) is 3. The Morgan fingerprint density at radius 3 is 2.68 bits per heavy atom. The molecule has 1 aromatic rings. The van der Waals surface area contributed by atoms with Gasteiger partial charge in [0.05, 0.1) is 32.3 Å². The molecule has 1 aliphatic carbocycles. The van der Waals surface area contributed by atoms with Crippen LogP contribution in [0.15, 0.2) is 23.8 Å². The second-order valence-electron chi connectivity index (χ2n) is 8.23. The Balaban J connectivity index is 2.11. The number of carbonyl (C=O) groups is 3. The average molecular weight is 477 g/mol. The summed E-state index contributed by atoms with van der Waals surface area (Å²) in [7, 11) is 2.96. The molecule has 0 radical (unpaired) electrons. The molecular formula is C24H32N2O8. The minimum Gasteiger partial charge on any atom is -0.493 e. The number of aliphatic hydroxyl groups excluding tert-OH is 2. The summed E-state index contributed by atoms with van der Waals surface area (Å²) in [6.07, 6.45) is 1.10. The normalized spacial score (nSPS) is 22.7. The van der Waals surface area contributed by atoms with Gasteiger partial charge in [-0.05, 0) is 24.6 Å². The first kappa shape index (κ1) is 25.7. The fourth-order valence-electron chi connectivity index (χ4n) is 4.55. The van der Waals surface area contributed by atoms with Gasteiger partial charge in [-0.15, -0.1) is 0 Å². The molecule has 0 spiro atoms. The van der Waals surface area contributed by atoms with Crippen LogP contribution >= 0.6 is 0 Å². The van der Waals surface area contributed by atoms with E-state index in [0.29, 0.717) is 35.3 Å². The summed E-state index contributed by atoms with van der Waals surface area (Å²) in [5.41, 5.74) is 1.16. The second kappa shape index (κ2) is 11.5. The van der Waals surface area contributed by atoms with Crippen LogP contribution in [0.1, 0.15) is 41.6 Å². The number of nitrogens with one attached hydrogen (secondary N) is 1. The number of hydrogen-bond acceptors (Lipinski definition) is 8. The van der Waals surface area contributed by atoms with Gasteiger partial charge in [0, 0.05) is 43.3 Å². The van der Waals surface area contributed by atoms with Crippen LogP contribution in [0.4, 0.5) is 0 Å². The number of amides is 2. The Kier molecular flexibility index (Phi) is 8.65. The van der Waals surface area contributed by atoms with Crippen molar-refractivity contribution in [2.45, 2.75) is 43.9 Å². The average Bonchev–Trinajstić information content (AvgIpc) is 3.23. The predicted molar refractivity (Wildman–Crippen MR) is 122 cm³/mol. The molecule has 1 aromatic carbocycles. The Morgan fingerprint density at radius 1 is 1.29 bits per heavy atom. The number of hydrogen-bond donors (Lipinski definition) is 3. The largest absolute Gasteiger partial charge is 0.493 e. The van der Waals surface area contributed by atoms with E-state index in [1.54, 1.807) is 12.1 Å². The number of nitrogens with zero attached hydrogens (tertiary/aromatic N) is 1. The third-order valence-corrected chi connectivity index (χ3v) is 6.09. The summed E-state index contributed by atoms with van der Waals surface area (Å²) in [6, 6.07) is 2.30. The fourth-order valence-corrected chi connectivity index (χ4v) is 4.55. The quantitative estimate of drug-likeness (QED) is 0.391. The standard InChI is InChI=1S/C24H32N2O8/c1-4-5-19(29)26(7-9-32-2)17-12-16(24(31)25-6-8-27)20-15-10-14(13-28)11-18(33-3)22(15)34-23(20)21(17)30/h10-13,17,20-21,23,27,30H,4-9H2,1-3H3,(H,25,31)/t17-,20+,21+,23+/m1/s1. The lowest BCUT2D eigenvalue weighted by Gasteiger charge is -2.40. The van der Waals surface area contributed by atoms with Gasteiger partial charge < -0.3 is 34.6 Å². The van der Waals surface area contributed by atoms with Crippen LogP contribution in [0, 0.1) is 0 Å². The van der Waals surface area contributed by atoms with Crippen molar-refractivity contribution in [3.8, 4) is 11.5 Å². The van der Waals surface area contributed by atoms with Crippen molar-refractivity contribution in [2.75, 3.05) is 40.5 Å². The van der Waals surface area contributed by atoms with Crippen molar-refractivity contribution < 1.29 is 38.8 Å². The first-order valence-electron chi connectivity index (χ1n) is 11.3. The topological polar surface area (TPSA) is 135 Å². The van der Waals surface area contributed by atoms with Gasteiger partial charge in [-0.25, -0.2) is 0 Å². The van der Waals surface area contributed by atoms with E-state index < -0.39 is 30.1 Å². The third-order valence-electron chi connectivity index (χ3n) is 6.09. The van der Waals surface area contributed by atoms with Gasteiger partial charge >= 0.3 is 0 Å². The van der Waals surface area contributed by atoms with Crippen molar-refractivity contribution in [2.24, 2.45) is 0 Å². The van der Waals surface area contributed by atoms with Crippen molar-refractivity contribution in [1.29, 1.82) is 0 Å². The molecule has 10 heteroatoms. The molecule has 4 atom stereocenters. The van der Waals surface area contributed by atoms with E-state index in [2.05, 4.69) is 5.32 Å². The van der Waals surface area contributed by atoms with Crippen molar-refractivity contribution in [3.05, 3.63) is 34.9 Å². The lowest BCUT2D eigenvalue weighted by Crippen LogP contribution is -2.56. The van der Waals surface area contributed by atoms with Crippen LogP contribution in [-0.2, 0) is 14.3 Å². The van der Waals surface area contributed by atoms with E-state index in [9.17, 15) is 24.6 Å². The number of benzene rings is 1. The molecule has 10 nitrogen and oxygen atoms in total. The summed E-state index contributed by atoms with van der Waals surface area (Å²) >= 11 is 0. The Bertz CT molecular complexity index is 947. The lowest BCUT2D eigenvalue weighted by molar-refractivity contribution is -0.138. The summed E-state index contributed by atoms with van der Waals surface area (Å²) in [4.78, 5) is 39.1. The van der Waals surface area contributed by atoms with Gasteiger partial charge in [-0.1, -0.05) is 6.92 Å². The molecule has 186 valence electrons. The van der Waals surface area contributed by atoms with Crippen molar-refractivity contribution >= 4 is 18.1 Å². The number of carbonyl (C=O) groups excluding carboxylic acids is 3. The number of methoxy groups -OCH3 is 2. The molecule has 0 bridgehead atoms. The Morgan fingerprint density at radius 2 is 2.06 bits per heavy atom. The van der Waals surface area contributed by atoms with E-state index in [1.165, 1.54) is 25.2 Å². The molecule has 34 heavy (non-hydrogen) atoms. The summed E-state index contributed by atoms with van der Waals surface area (Å²) in [6.45, 7) is 2.15. The number of aliphatic hydroxyl groups is 2. The predicted octanol–water partition coefficient (Wildman–Crippen LogP) is 0.405. The zero-order valence-corrected chi connectivity index (χ0v) is 19.7. The highest BCUT2D eigenvalue weighted by Crippen LogP contribution is 2.51. The number of aldehydes is 1. The molecule has 0 aromatic heterocycles. The van der Waals surface area contributed by atoms with Crippen molar-refractivity contribution in [1.82, 2.24) is 10.2 Å². The molecule has 1 aliphatic heterocycles. The lowest BCUT2D eigenvalue weighted by atomic mass is 9.77. The monoisotopic (exact) mass is 476 g/mol. The highest BCUT2D eigenvalue weighted by Gasteiger charge is 2.51. The molecule has 3 N–H and O–H groups in total. The SMILES string of the molecule is CCCC(=O)N(CCOC)[C@@H]1C=C(C(=O)NCCO)[C@@H]2c3cc(C=O)cc(OC)c3O[C@@H]2[C@H]1O. The molecule has 0 saturated carbocycles. The second-order valence-corrected chi connectivity index (χ2v) is 8.23. The minimum atomic E-state index is -1.16. The van der Waals surface area contributed by atoms with Crippen LogP contribution in [-0.4, -0.2) is 92.0 Å². The molecule has 0 saturated heterocycles. The molecule has 0 fully saturated rings. The van der Waals surface area contributed by atoms with Gasteiger partial charge in [-0.2, -0.15) is 0 Å². The van der Waals surface area contributed by atoms with Crippen LogP contribution in [0.3, 0.4) is 0 Å². The van der Waals surface area contributed by atoms with Crippen LogP contribution in [0.25, 0.3) is 0 Å². The van der Waals surface area contributed by atoms with Gasteiger partial charge in [-0.3, -0.25) is 14.4 Å². The molecule has 3 rings (SSSR count). The Labute approximate surface area is 198 Å². The summed E-state index contributed by atoms with van der Waals surface area (Å²) < 4.78 is 16.7.